The molecule has 0 amide bonds. The van der Waals surface area contributed by atoms with E-state index < -0.39 is 4.92 Å². The first-order chi connectivity index (χ1) is 10.1. The summed E-state index contributed by atoms with van der Waals surface area (Å²) < 4.78 is 10.1. The maximum atomic E-state index is 11.1. The highest BCUT2D eigenvalue weighted by atomic mass is 16.6. The number of rotatable bonds is 5. The van der Waals surface area contributed by atoms with E-state index in [4.69, 9.17) is 15.2 Å². The number of hydrogen-bond donors (Lipinski definition) is 1. The van der Waals surface area contributed by atoms with Gasteiger partial charge in [-0.05, 0) is 18.2 Å². The van der Waals surface area contributed by atoms with Crippen molar-refractivity contribution < 1.29 is 14.4 Å². The van der Waals surface area contributed by atoms with Gasteiger partial charge >= 0.3 is 5.69 Å². The fraction of sp³-hybridized carbons (Fsp3) is 0.214. The van der Waals surface area contributed by atoms with Crippen LogP contribution >= 0.6 is 0 Å². The largest absolute Gasteiger partial charge is 0.495 e. The molecular weight excluding hydrogens is 274 g/mol. The molecule has 0 fully saturated rings. The summed E-state index contributed by atoms with van der Waals surface area (Å²) in [6.07, 6.45) is 1.55. The Bertz CT molecular complexity index is 673. The highest BCUT2D eigenvalue weighted by Crippen LogP contribution is 2.32. The molecule has 21 heavy (non-hydrogen) atoms. The van der Waals surface area contributed by atoms with Crippen molar-refractivity contribution in [2.24, 2.45) is 5.73 Å². The SMILES string of the molecule is COc1cnc(-c2ccc(OC)c([N+](=O)[O-])c2)cc1CN. The van der Waals surface area contributed by atoms with Crippen LogP contribution in [0.4, 0.5) is 5.69 Å². The molecule has 1 aromatic heterocycles. The van der Waals surface area contributed by atoms with Gasteiger partial charge in [0.2, 0.25) is 0 Å². The van der Waals surface area contributed by atoms with Crippen molar-refractivity contribution >= 4 is 5.69 Å². The zero-order chi connectivity index (χ0) is 15.4. The molecule has 110 valence electrons. The first kappa shape index (κ1) is 14.7. The summed E-state index contributed by atoms with van der Waals surface area (Å²) in [6, 6.07) is 6.43. The van der Waals surface area contributed by atoms with Crippen LogP contribution < -0.4 is 15.2 Å². The number of hydrogen-bond acceptors (Lipinski definition) is 6. The maximum absolute atomic E-state index is 11.1. The number of nitrogens with two attached hydrogens (primary N) is 1. The monoisotopic (exact) mass is 289 g/mol. The van der Waals surface area contributed by atoms with Crippen molar-refractivity contribution in [2.45, 2.75) is 6.54 Å². The lowest BCUT2D eigenvalue weighted by Crippen LogP contribution is -2.01. The summed E-state index contributed by atoms with van der Waals surface area (Å²) in [5.74, 6) is 0.792. The zero-order valence-corrected chi connectivity index (χ0v) is 11.7. The Labute approximate surface area is 121 Å². The minimum absolute atomic E-state index is 0.109. The molecule has 7 nitrogen and oxygen atoms in total. The molecule has 0 aliphatic carbocycles. The third-order valence-electron chi connectivity index (χ3n) is 3.06. The van der Waals surface area contributed by atoms with E-state index in [0.29, 0.717) is 17.0 Å². The topological polar surface area (TPSA) is 101 Å². The Morgan fingerprint density at radius 1 is 1.24 bits per heavy atom. The van der Waals surface area contributed by atoms with Crippen LogP contribution in [-0.2, 0) is 6.54 Å². The molecular formula is C14H15N3O4. The van der Waals surface area contributed by atoms with Gasteiger partial charge in [0.15, 0.2) is 5.75 Å². The molecule has 0 saturated heterocycles. The third kappa shape index (κ3) is 2.92. The van der Waals surface area contributed by atoms with Crippen LogP contribution in [0.15, 0.2) is 30.5 Å². The minimum atomic E-state index is -0.490. The van der Waals surface area contributed by atoms with E-state index in [0.717, 1.165) is 5.56 Å². The van der Waals surface area contributed by atoms with Crippen molar-refractivity contribution in [2.75, 3.05) is 14.2 Å². The van der Waals surface area contributed by atoms with Gasteiger partial charge in [-0.1, -0.05) is 0 Å². The van der Waals surface area contributed by atoms with E-state index in [9.17, 15) is 10.1 Å². The van der Waals surface area contributed by atoms with Gasteiger partial charge in [0.05, 0.1) is 31.0 Å². The van der Waals surface area contributed by atoms with Crippen LogP contribution in [0.5, 0.6) is 11.5 Å². The Morgan fingerprint density at radius 3 is 2.52 bits per heavy atom. The van der Waals surface area contributed by atoms with Crippen LogP contribution in [0.3, 0.4) is 0 Å². The van der Waals surface area contributed by atoms with Crippen molar-refractivity contribution in [3.63, 3.8) is 0 Å². The summed E-state index contributed by atoms with van der Waals surface area (Å²) in [4.78, 5) is 14.8. The molecule has 2 aromatic rings. The summed E-state index contributed by atoms with van der Waals surface area (Å²) >= 11 is 0. The lowest BCUT2D eigenvalue weighted by Gasteiger charge is -2.09. The van der Waals surface area contributed by atoms with Crippen molar-refractivity contribution in [1.82, 2.24) is 4.98 Å². The third-order valence-corrected chi connectivity index (χ3v) is 3.06. The highest BCUT2D eigenvalue weighted by molar-refractivity contribution is 5.67. The van der Waals surface area contributed by atoms with Gasteiger partial charge in [-0.15, -0.1) is 0 Å². The van der Waals surface area contributed by atoms with Crippen LogP contribution in [0.2, 0.25) is 0 Å². The molecule has 1 heterocycles. The molecule has 2 rings (SSSR count). The molecule has 2 N–H and O–H groups in total. The van der Waals surface area contributed by atoms with E-state index in [1.165, 1.54) is 20.3 Å². The van der Waals surface area contributed by atoms with Gasteiger partial charge < -0.3 is 15.2 Å². The number of nitro benzene ring substituents is 1. The quantitative estimate of drug-likeness (QED) is 0.668. The number of methoxy groups -OCH3 is 2. The van der Waals surface area contributed by atoms with Gasteiger partial charge in [-0.25, -0.2) is 0 Å². The van der Waals surface area contributed by atoms with E-state index in [-0.39, 0.29) is 18.0 Å². The van der Waals surface area contributed by atoms with Gasteiger partial charge in [0.25, 0.3) is 0 Å². The van der Waals surface area contributed by atoms with E-state index in [1.807, 2.05) is 0 Å². The summed E-state index contributed by atoms with van der Waals surface area (Å²) in [5.41, 5.74) is 7.53. The van der Waals surface area contributed by atoms with Crippen LogP contribution in [0.1, 0.15) is 5.56 Å². The summed E-state index contributed by atoms with van der Waals surface area (Å²) in [7, 11) is 2.92. The fourth-order valence-electron chi connectivity index (χ4n) is 1.98. The number of pyridine rings is 1. The molecule has 1 aromatic carbocycles. The molecule has 0 radical (unpaired) electrons. The lowest BCUT2D eigenvalue weighted by molar-refractivity contribution is -0.385. The average Bonchev–Trinajstić information content (AvgIpc) is 2.53. The summed E-state index contributed by atoms with van der Waals surface area (Å²) in [6.45, 7) is 0.289. The van der Waals surface area contributed by atoms with E-state index in [2.05, 4.69) is 4.98 Å². The molecule has 0 aliphatic rings. The number of nitro groups is 1. The second kappa shape index (κ2) is 6.19. The van der Waals surface area contributed by atoms with Crippen molar-refractivity contribution in [1.29, 1.82) is 0 Å². The van der Waals surface area contributed by atoms with E-state index >= 15 is 0 Å². The molecule has 0 bridgehead atoms. The molecule has 0 atom stereocenters. The molecule has 0 aliphatic heterocycles. The van der Waals surface area contributed by atoms with Gasteiger partial charge in [-0.3, -0.25) is 15.1 Å². The first-order valence-corrected chi connectivity index (χ1v) is 6.16. The fourth-order valence-corrected chi connectivity index (χ4v) is 1.98. The van der Waals surface area contributed by atoms with Crippen molar-refractivity contribution in [3.8, 4) is 22.8 Å². The minimum Gasteiger partial charge on any atom is -0.495 e. The van der Waals surface area contributed by atoms with Crippen LogP contribution in [-0.4, -0.2) is 24.1 Å². The molecule has 0 unspecified atom stereocenters. The van der Waals surface area contributed by atoms with Crippen molar-refractivity contribution in [3.05, 3.63) is 46.1 Å². The molecule has 0 spiro atoms. The normalized spacial score (nSPS) is 10.2. The molecule has 7 heteroatoms. The average molecular weight is 289 g/mol. The molecule has 0 saturated carbocycles. The number of nitrogens with zero attached hydrogens (tertiary/aromatic N) is 2. The summed E-state index contributed by atoms with van der Waals surface area (Å²) in [5, 5.41) is 11.1. The highest BCUT2D eigenvalue weighted by Gasteiger charge is 2.16. The first-order valence-electron chi connectivity index (χ1n) is 6.16. The Hall–Kier alpha value is -2.67. The Balaban J connectivity index is 2.51. The Kier molecular flexibility index (Phi) is 4.34. The Morgan fingerprint density at radius 2 is 1.95 bits per heavy atom. The van der Waals surface area contributed by atoms with Gasteiger partial charge in [-0.2, -0.15) is 0 Å². The maximum Gasteiger partial charge on any atom is 0.311 e. The second-order valence-corrected chi connectivity index (χ2v) is 4.23. The van der Waals surface area contributed by atoms with Gasteiger partial charge in [0, 0.05) is 23.7 Å². The number of benzene rings is 1. The standard InChI is InChI=1S/C14H15N3O4/c1-20-13-4-3-9(6-12(13)17(18)19)11-5-10(7-15)14(21-2)8-16-11/h3-6,8H,7,15H2,1-2H3. The smallest absolute Gasteiger partial charge is 0.311 e. The van der Waals surface area contributed by atoms with Gasteiger partial charge in [0.1, 0.15) is 5.75 Å². The second-order valence-electron chi connectivity index (χ2n) is 4.23. The predicted molar refractivity (Wildman–Crippen MR) is 77.3 cm³/mol. The zero-order valence-electron chi connectivity index (χ0n) is 11.7. The number of ether oxygens (including phenoxy) is 2. The van der Waals surface area contributed by atoms with Crippen LogP contribution in [0.25, 0.3) is 11.3 Å². The van der Waals surface area contributed by atoms with E-state index in [1.54, 1.807) is 24.4 Å². The predicted octanol–water partition coefficient (Wildman–Crippen LogP) is 2.13. The number of aromatic nitrogens is 1. The lowest BCUT2D eigenvalue weighted by atomic mass is 10.1. The van der Waals surface area contributed by atoms with Crippen LogP contribution in [0, 0.1) is 10.1 Å².